The number of hydrogen-bond donors (Lipinski definition) is 0. The third-order valence-corrected chi connectivity index (χ3v) is 28.4. The number of fused-ring (bicyclic) bond motifs is 3. The van der Waals surface area contributed by atoms with E-state index in [-0.39, 0.29) is 45.3 Å². The molecule has 10 heteroatoms. The number of aromatic nitrogens is 1. The summed E-state index contributed by atoms with van der Waals surface area (Å²) in [5.74, 6) is 3.12. The quantitative estimate of drug-likeness (QED) is 0.143. The van der Waals surface area contributed by atoms with Crippen molar-refractivity contribution in [1.82, 2.24) is 4.98 Å². The van der Waals surface area contributed by atoms with Crippen LogP contribution >= 0.6 is 23.1 Å². The molecule has 2 heterocycles. The van der Waals surface area contributed by atoms with E-state index in [0.717, 1.165) is 37.0 Å². The van der Waals surface area contributed by atoms with Gasteiger partial charge in [0.1, 0.15) is 0 Å². The molecule has 9 atom stereocenters. The molecule has 0 radical (unpaired) electrons. The molecule has 4 fully saturated rings. The zero-order valence-corrected chi connectivity index (χ0v) is 38.1. The largest absolute Gasteiger partial charge is 0.414 e. The van der Waals surface area contributed by atoms with Gasteiger partial charge in [-0.25, -0.2) is 13.4 Å². The molecule has 0 spiro atoms. The maximum atomic E-state index is 14.4. The van der Waals surface area contributed by atoms with Crippen molar-refractivity contribution in [2.45, 2.75) is 158 Å². The van der Waals surface area contributed by atoms with E-state index in [9.17, 15) is 8.42 Å². The van der Waals surface area contributed by atoms with Gasteiger partial charge in [0.05, 0.1) is 27.3 Å². The number of sulfone groups is 1. The van der Waals surface area contributed by atoms with E-state index < -0.39 is 31.7 Å². The van der Waals surface area contributed by atoms with E-state index in [1.807, 2.05) is 23.1 Å². The average molecular weight is 790 g/mol. The van der Waals surface area contributed by atoms with Gasteiger partial charge in [0.2, 0.25) is 0 Å². The highest BCUT2D eigenvalue weighted by Gasteiger charge is 2.57. The van der Waals surface area contributed by atoms with Crippen LogP contribution in [0.2, 0.25) is 36.3 Å². The van der Waals surface area contributed by atoms with E-state index >= 15 is 0 Å². The van der Waals surface area contributed by atoms with Crippen molar-refractivity contribution >= 4 is 59.8 Å². The van der Waals surface area contributed by atoms with Gasteiger partial charge in [-0.05, 0) is 122 Å². The molecule has 1 aliphatic heterocycles. The molecular formula is C41H67NO4S3Si2. The summed E-state index contributed by atoms with van der Waals surface area (Å²) < 4.78 is 45.5. The van der Waals surface area contributed by atoms with Gasteiger partial charge in [0, 0.05) is 17.8 Å². The Morgan fingerprint density at radius 1 is 1.00 bits per heavy atom. The van der Waals surface area contributed by atoms with Gasteiger partial charge in [0.15, 0.2) is 30.8 Å². The Labute approximate surface area is 321 Å². The highest BCUT2D eigenvalue weighted by atomic mass is 32.2. The number of thioether (sulfide) groups is 1. The van der Waals surface area contributed by atoms with Crippen molar-refractivity contribution in [3.8, 4) is 0 Å². The third-order valence-electron chi connectivity index (χ3n) is 14.7. The normalized spacial score (nSPS) is 34.5. The van der Waals surface area contributed by atoms with Crippen LogP contribution in [0.5, 0.6) is 0 Å². The summed E-state index contributed by atoms with van der Waals surface area (Å²) in [4.78, 5) is 4.90. The number of nitrogens with zero attached hydrogens (tertiary/aromatic N) is 1. The Balaban J connectivity index is 1.24. The number of para-hydroxylation sites is 1. The second kappa shape index (κ2) is 14.2. The van der Waals surface area contributed by atoms with Crippen LogP contribution in [0.3, 0.4) is 0 Å². The van der Waals surface area contributed by atoms with Crippen molar-refractivity contribution in [2.75, 3.05) is 11.5 Å². The van der Waals surface area contributed by atoms with Crippen LogP contribution in [0, 0.1) is 35.0 Å². The highest BCUT2D eigenvalue weighted by molar-refractivity contribution is 8.01. The minimum Gasteiger partial charge on any atom is -0.414 e. The number of benzene rings is 1. The molecule has 3 saturated carbocycles. The molecule has 6 rings (SSSR count). The minimum atomic E-state index is -3.31. The molecule has 0 N–H and O–H groups in total. The zero-order chi connectivity index (χ0) is 37.4. The Morgan fingerprint density at radius 2 is 1.67 bits per heavy atom. The topological polar surface area (TPSA) is 65.5 Å². The molecule has 1 aromatic carbocycles. The van der Waals surface area contributed by atoms with E-state index in [0.29, 0.717) is 17.8 Å². The lowest BCUT2D eigenvalue weighted by Crippen LogP contribution is -2.53. The number of hydrogen-bond acceptors (Lipinski definition) is 7. The summed E-state index contributed by atoms with van der Waals surface area (Å²) in [7, 11) is -7.50. The second-order valence-electron chi connectivity index (χ2n) is 20.1. The van der Waals surface area contributed by atoms with Crippen molar-refractivity contribution in [2.24, 2.45) is 35.0 Å². The Bertz CT molecular complexity index is 1670. The zero-order valence-electron chi connectivity index (χ0n) is 33.7. The summed E-state index contributed by atoms with van der Waals surface area (Å²) in [6, 6.07) is 8.45. The van der Waals surface area contributed by atoms with Crippen LogP contribution < -0.4 is 0 Å². The van der Waals surface area contributed by atoms with Crippen molar-refractivity contribution in [3.63, 3.8) is 0 Å². The van der Waals surface area contributed by atoms with Crippen molar-refractivity contribution < 1.29 is 17.3 Å². The smallest absolute Gasteiger partial charge is 0.192 e. The fourth-order valence-electron chi connectivity index (χ4n) is 9.80. The van der Waals surface area contributed by atoms with Crippen molar-refractivity contribution in [1.29, 1.82) is 0 Å². The van der Waals surface area contributed by atoms with Crippen molar-refractivity contribution in [3.05, 3.63) is 35.9 Å². The lowest BCUT2D eigenvalue weighted by atomic mass is 9.61. The standard InChI is InChI=1S/C41H67NO4S3Si2/c1-27(25-47-38-42-34-17-13-14-18-36(34)48-38)32-19-20-33-28(16-15-21-41(32,33)8)22-37-30-23-29(45-50(9,10)39(2,3)4)24-35(31(30)26-49(37,43)44)46-51(11,12)40(5,6)7/h13-14,17-18,22,27,29-33,35,37H,15-16,19-21,23-26H2,1-12H3/b28-22+/t27-,29-,30?,31?,32-,33?,35+,37?,41-/m1/s1. The molecular weight excluding hydrogens is 723 g/mol. The molecule has 0 bridgehead atoms. The number of allylic oxidation sites excluding steroid dienone is 1. The van der Waals surface area contributed by atoms with E-state index in [2.05, 4.69) is 112 Å². The van der Waals surface area contributed by atoms with Crippen LogP contribution in [-0.4, -0.2) is 59.0 Å². The maximum absolute atomic E-state index is 14.4. The molecule has 1 saturated heterocycles. The van der Waals surface area contributed by atoms with Crippen LogP contribution in [0.25, 0.3) is 10.2 Å². The average Bonchev–Trinajstić information content (AvgIpc) is 3.66. The molecule has 0 amide bonds. The van der Waals surface area contributed by atoms with Gasteiger partial charge in [0.25, 0.3) is 0 Å². The molecule has 286 valence electrons. The van der Waals surface area contributed by atoms with Crippen LogP contribution in [-0.2, 0) is 18.7 Å². The van der Waals surface area contributed by atoms with E-state index in [4.69, 9.17) is 13.8 Å². The Hall–Kier alpha value is -0.496. The number of rotatable bonds is 9. The summed E-state index contributed by atoms with van der Waals surface area (Å²) in [6.45, 7) is 28.1. The SMILES string of the molecule is C[C@H](CSc1nc2ccccc2s1)[C@H]1CCC2/C(=C/C3C4C[C@@H](O[Si](C)(C)C(C)(C)C)C[C@H](O[Si](C)(C)C(C)(C)C)C4CS3(=O)=O)CCC[C@@]21C. The maximum Gasteiger partial charge on any atom is 0.192 e. The summed E-state index contributed by atoms with van der Waals surface area (Å²) in [6.07, 6.45) is 9.78. The fraction of sp³-hybridized carbons (Fsp3) is 0.780. The second-order valence-corrected chi connectivity index (χ2v) is 34.1. The number of thiazole rings is 1. The van der Waals surface area contributed by atoms with E-state index in [1.165, 1.54) is 33.9 Å². The van der Waals surface area contributed by atoms with Gasteiger partial charge in [-0.3, -0.25) is 0 Å². The van der Waals surface area contributed by atoms with Crippen LogP contribution in [0.1, 0.15) is 100 Å². The molecule has 3 aliphatic carbocycles. The van der Waals surface area contributed by atoms with Crippen LogP contribution in [0.4, 0.5) is 0 Å². The Kier molecular flexibility index (Phi) is 11.2. The summed E-state index contributed by atoms with van der Waals surface area (Å²) in [5, 5.41) is -0.273. The van der Waals surface area contributed by atoms with Gasteiger partial charge < -0.3 is 8.85 Å². The van der Waals surface area contributed by atoms with Gasteiger partial charge in [-0.2, -0.15) is 0 Å². The molecule has 4 aliphatic rings. The first kappa shape index (κ1) is 40.2. The fourth-order valence-corrected chi connectivity index (χ4v) is 17.2. The minimum absolute atomic E-state index is 0.0381. The predicted octanol–water partition coefficient (Wildman–Crippen LogP) is 11.8. The first-order valence-electron chi connectivity index (χ1n) is 19.8. The first-order chi connectivity index (χ1) is 23.5. The van der Waals surface area contributed by atoms with Crippen LogP contribution in [0.15, 0.2) is 40.3 Å². The van der Waals surface area contributed by atoms with E-state index in [1.54, 1.807) is 0 Å². The molecule has 51 heavy (non-hydrogen) atoms. The molecule has 4 unspecified atom stereocenters. The molecule has 2 aromatic rings. The first-order valence-corrected chi connectivity index (χ1v) is 29.1. The molecule has 1 aromatic heterocycles. The monoisotopic (exact) mass is 789 g/mol. The lowest BCUT2D eigenvalue weighted by Gasteiger charge is -2.48. The van der Waals surface area contributed by atoms with Gasteiger partial charge >= 0.3 is 0 Å². The van der Waals surface area contributed by atoms with Gasteiger partial charge in [-0.1, -0.05) is 90.9 Å². The molecule has 5 nitrogen and oxygen atoms in total. The lowest BCUT2D eigenvalue weighted by molar-refractivity contribution is -0.00548. The summed E-state index contributed by atoms with van der Waals surface area (Å²) >= 11 is 3.74. The van der Waals surface area contributed by atoms with Gasteiger partial charge in [-0.15, -0.1) is 11.3 Å². The summed E-state index contributed by atoms with van der Waals surface area (Å²) in [5.41, 5.74) is 2.76. The predicted molar refractivity (Wildman–Crippen MR) is 224 cm³/mol. The third kappa shape index (κ3) is 7.95. The Morgan fingerprint density at radius 3 is 2.33 bits per heavy atom. The highest BCUT2D eigenvalue weighted by Crippen LogP contribution is 2.60.